The molecule has 1 N–H and O–H groups in total. The first kappa shape index (κ1) is 23.5. The molecule has 6 rings (SSSR count). The number of amides is 1. The van der Waals surface area contributed by atoms with Crippen molar-refractivity contribution in [3.05, 3.63) is 83.6 Å². The number of hydrogen-bond donors (Lipinski definition) is 1. The third kappa shape index (κ3) is 4.64. The van der Waals surface area contributed by atoms with Crippen LogP contribution < -0.4 is 10.2 Å². The smallest absolute Gasteiger partial charge is 0.233 e. The van der Waals surface area contributed by atoms with Crippen molar-refractivity contribution in [3.63, 3.8) is 0 Å². The first-order valence-corrected chi connectivity index (χ1v) is 13.0. The van der Waals surface area contributed by atoms with Crippen LogP contribution in [0.4, 0.5) is 5.82 Å². The van der Waals surface area contributed by atoms with Gasteiger partial charge in [0.15, 0.2) is 5.82 Å². The van der Waals surface area contributed by atoms with Gasteiger partial charge in [-0.15, -0.1) is 0 Å². The Morgan fingerprint density at radius 3 is 2.65 bits per heavy atom. The van der Waals surface area contributed by atoms with Crippen molar-refractivity contribution in [1.29, 1.82) is 0 Å². The molecule has 0 radical (unpaired) electrons. The minimum Gasteiger partial charge on any atom is -0.317 e. The Kier molecular flexibility index (Phi) is 6.26. The van der Waals surface area contributed by atoms with Gasteiger partial charge in [0.05, 0.1) is 30.0 Å². The van der Waals surface area contributed by atoms with Crippen molar-refractivity contribution in [2.45, 2.75) is 51.5 Å². The molecule has 0 aliphatic carbocycles. The van der Waals surface area contributed by atoms with Gasteiger partial charge in [0.25, 0.3) is 0 Å². The molecule has 1 amide bonds. The number of benzene rings is 1. The van der Waals surface area contributed by atoms with Gasteiger partial charge in [0, 0.05) is 35.6 Å². The Bertz CT molecular complexity index is 1420. The number of aromatic nitrogens is 5. The number of nitrogens with zero attached hydrogens (tertiary/aromatic N) is 6. The minimum absolute atomic E-state index is 0.0412. The van der Waals surface area contributed by atoms with Crippen molar-refractivity contribution in [3.8, 4) is 17.1 Å². The number of carbonyl (C=O) groups is 1. The Balaban J connectivity index is 1.22. The Labute approximate surface area is 216 Å². The van der Waals surface area contributed by atoms with Gasteiger partial charge in [0.2, 0.25) is 5.91 Å². The summed E-state index contributed by atoms with van der Waals surface area (Å²) in [5.74, 6) is 2.11. The zero-order valence-electron chi connectivity index (χ0n) is 21.3. The molecular formula is C29H31N7O. The van der Waals surface area contributed by atoms with Crippen LogP contribution >= 0.6 is 0 Å². The maximum absolute atomic E-state index is 12.9. The third-order valence-electron chi connectivity index (χ3n) is 7.28. The summed E-state index contributed by atoms with van der Waals surface area (Å²) in [6, 6.07) is 14.3. The van der Waals surface area contributed by atoms with E-state index in [9.17, 15) is 4.79 Å². The van der Waals surface area contributed by atoms with Crippen molar-refractivity contribution >= 4 is 11.7 Å². The summed E-state index contributed by atoms with van der Waals surface area (Å²) in [6.07, 6.45) is 8.20. The molecular weight excluding hydrogens is 462 g/mol. The summed E-state index contributed by atoms with van der Waals surface area (Å²) in [6.45, 7) is 6.79. The highest BCUT2D eigenvalue weighted by Gasteiger charge is 2.30. The highest BCUT2D eigenvalue weighted by Crippen LogP contribution is 2.32. The van der Waals surface area contributed by atoms with Gasteiger partial charge >= 0.3 is 0 Å². The number of rotatable bonds is 6. The van der Waals surface area contributed by atoms with Crippen LogP contribution in [0.3, 0.4) is 0 Å². The Morgan fingerprint density at radius 1 is 1.05 bits per heavy atom. The number of hydrogen-bond acceptors (Lipinski definition) is 6. The lowest BCUT2D eigenvalue weighted by Crippen LogP contribution is -2.27. The molecule has 2 aliphatic rings. The fourth-order valence-corrected chi connectivity index (χ4v) is 5.25. The maximum Gasteiger partial charge on any atom is 0.233 e. The van der Waals surface area contributed by atoms with Crippen LogP contribution in [0.5, 0.6) is 0 Å². The van der Waals surface area contributed by atoms with E-state index in [1.54, 1.807) is 17.3 Å². The predicted molar refractivity (Wildman–Crippen MR) is 143 cm³/mol. The van der Waals surface area contributed by atoms with Gasteiger partial charge in [-0.25, -0.2) is 14.6 Å². The summed E-state index contributed by atoms with van der Waals surface area (Å²) in [7, 11) is 0. The zero-order chi connectivity index (χ0) is 25.4. The molecule has 8 heteroatoms. The van der Waals surface area contributed by atoms with Crippen LogP contribution in [0.15, 0.2) is 61.1 Å². The molecule has 0 saturated carbocycles. The highest BCUT2D eigenvalue weighted by atomic mass is 16.2. The van der Waals surface area contributed by atoms with E-state index < -0.39 is 0 Å². The van der Waals surface area contributed by atoms with Gasteiger partial charge in [0.1, 0.15) is 5.82 Å². The predicted octanol–water partition coefficient (Wildman–Crippen LogP) is 4.40. The molecule has 3 aromatic heterocycles. The fraction of sp³-hybridized carbons (Fsp3) is 0.345. The second kappa shape index (κ2) is 9.86. The zero-order valence-corrected chi connectivity index (χ0v) is 21.3. The van der Waals surface area contributed by atoms with E-state index in [4.69, 9.17) is 10.1 Å². The molecule has 1 aromatic carbocycles. The van der Waals surface area contributed by atoms with Crippen LogP contribution in [-0.4, -0.2) is 43.7 Å². The highest BCUT2D eigenvalue weighted by molar-refractivity contribution is 6.00. The van der Waals surface area contributed by atoms with Gasteiger partial charge in [-0.05, 0) is 67.7 Å². The monoisotopic (exact) mass is 493 g/mol. The van der Waals surface area contributed by atoms with Crippen molar-refractivity contribution in [2.75, 3.05) is 18.0 Å². The number of anilines is 1. The van der Waals surface area contributed by atoms with Gasteiger partial charge in [-0.1, -0.05) is 26.0 Å². The molecule has 1 saturated heterocycles. The average Bonchev–Trinajstić information content (AvgIpc) is 3.54. The normalized spacial score (nSPS) is 16.0. The number of nitrogens with one attached hydrogen (secondary N) is 1. The van der Waals surface area contributed by atoms with E-state index in [1.807, 2.05) is 23.0 Å². The van der Waals surface area contributed by atoms with E-state index in [0.717, 1.165) is 59.7 Å². The summed E-state index contributed by atoms with van der Waals surface area (Å²) < 4.78 is 1.94. The molecule has 5 heterocycles. The molecule has 8 nitrogen and oxygen atoms in total. The second-order valence-electron chi connectivity index (χ2n) is 10.2. The topological polar surface area (TPSA) is 88.8 Å². The van der Waals surface area contributed by atoms with Crippen LogP contribution in [0, 0.1) is 0 Å². The standard InChI is InChI=1S/C29H31N7O/c1-19(2)27-24(4-3-12-31-27)28-32-17-22-16-26(37)35(29(22)33-28)18-20-5-7-23(8-6-20)36-15-11-25(34-36)21-9-13-30-14-10-21/h3-8,11-12,15,17,19,21,30H,9-10,13-14,16,18H2,1-2H3. The van der Waals surface area contributed by atoms with Crippen LogP contribution in [-0.2, 0) is 17.8 Å². The van der Waals surface area contributed by atoms with Gasteiger partial charge in [-0.2, -0.15) is 5.10 Å². The van der Waals surface area contributed by atoms with E-state index in [0.29, 0.717) is 30.5 Å². The lowest BCUT2D eigenvalue weighted by molar-refractivity contribution is -0.117. The van der Waals surface area contributed by atoms with Gasteiger partial charge in [-0.3, -0.25) is 14.7 Å². The molecule has 4 aromatic rings. The molecule has 1 fully saturated rings. The lowest BCUT2D eigenvalue weighted by Gasteiger charge is -2.20. The van der Waals surface area contributed by atoms with E-state index in [2.05, 4.69) is 59.5 Å². The fourth-order valence-electron chi connectivity index (χ4n) is 5.25. The second-order valence-corrected chi connectivity index (χ2v) is 10.2. The molecule has 37 heavy (non-hydrogen) atoms. The van der Waals surface area contributed by atoms with Crippen molar-refractivity contribution < 1.29 is 4.79 Å². The van der Waals surface area contributed by atoms with Crippen molar-refractivity contribution in [1.82, 2.24) is 30.0 Å². The molecule has 2 aliphatic heterocycles. The largest absolute Gasteiger partial charge is 0.317 e. The van der Waals surface area contributed by atoms with E-state index in [1.165, 1.54) is 0 Å². The third-order valence-corrected chi connectivity index (χ3v) is 7.28. The quantitative estimate of drug-likeness (QED) is 0.428. The first-order chi connectivity index (χ1) is 18.1. The molecule has 0 spiro atoms. The molecule has 0 atom stereocenters. The maximum atomic E-state index is 12.9. The number of carbonyl (C=O) groups excluding carboxylic acids is 1. The van der Waals surface area contributed by atoms with Crippen LogP contribution in [0.25, 0.3) is 17.1 Å². The SMILES string of the molecule is CC(C)c1ncccc1-c1ncc2c(n1)N(Cc1ccc(-n3ccc(C4CCNCC4)n3)cc1)C(=O)C2. The number of pyridine rings is 1. The lowest BCUT2D eigenvalue weighted by atomic mass is 9.95. The number of piperidine rings is 1. The summed E-state index contributed by atoms with van der Waals surface area (Å²) in [5, 5.41) is 8.25. The van der Waals surface area contributed by atoms with Crippen LogP contribution in [0.1, 0.15) is 61.0 Å². The van der Waals surface area contributed by atoms with E-state index in [-0.39, 0.29) is 11.8 Å². The summed E-state index contributed by atoms with van der Waals surface area (Å²) in [4.78, 5) is 28.7. The number of fused-ring (bicyclic) bond motifs is 1. The molecule has 0 bridgehead atoms. The van der Waals surface area contributed by atoms with E-state index >= 15 is 0 Å². The average molecular weight is 494 g/mol. The van der Waals surface area contributed by atoms with Gasteiger partial charge < -0.3 is 5.32 Å². The first-order valence-electron chi connectivity index (χ1n) is 13.0. The molecule has 188 valence electrons. The van der Waals surface area contributed by atoms with Crippen molar-refractivity contribution in [2.24, 2.45) is 0 Å². The molecule has 0 unspecified atom stereocenters. The Hall–Kier alpha value is -3.91. The van der Waals surface area contributed by atoms with Crippen LogP contribution in [0.2, 0.25) is 0 Å². The minimum atomic E-state index is 0.0412. The summed E-state index contributed by atoms with van der Waals surface area (Å²) in [5.41, 5.74) is 5.94. The summed E-state index contributed by atoms with van der Waals surface area (Å²) >= 11 is 0. The Morgan fingerprint density at radius 2 is 1.86 bits per heavy atom.